The minimum absolute atomic E-state index is 0.458. The van der Waals surface area contributed by atoms with Gasteiger partial charge in [-0.1, -0.05) is 25.7 Å². The average Bonchev–Trinajstić information content (AvgIpc) is 2.96. The van der Waals surface area contributed by atoms with Crippen LogP contribution in [0, 0.1) is 11.3 Å². The van der Waals surface area contributed by atoms with E-state index in [1.807, 2.05) is 0 Å². The van der Waals surface area contributed by atoms with Crippen LogP contribution >= 0.6 is 0 Å². The van der Waals surface area contributed by atoms with Crippen LogP contribution in [0.15, 0.2) is 0 Å². The molecular weight excluding hydrogens is 184 g/mol. The molecule has 0 aromatic rings. The van der Waals surface area contributed by atoms with E-state index in [9.17, 15) is 0 Å². The van der Waals surface area contributed by atoms with E-state index in [-0.39, 0.29) is 0 Å². The smallest absolute Gasteiger partial charge is 0.00199 e. The van der Waals surface area contributed by atoms with Gasteiger partial charge >= 0.3 is 0 Å². The van der Waals surface area contributed by atoms with Crippen molar-refractivity contribution in [3.8, 4) is 0 Å². The molecule has 0 bridgehead atoms. The Labute approximate surface area is 94.0 Å². The highest BCUT2D eigenvalue weighted by atomic mass is 14.9. The van der Waals surface area contributed by atoms with E-state index in [2.05, 4.69) is 5.32 Å². The Hall–Kier alpha value is -0.0800. The first-order valence-corrected chi connectivity index (χ1v) is 6.75. The Bertz CT molecular complexity index is 181. The van der Waals surface area contributed by atoms with Gasteiger partial charge in [0.15, 0.2) is 0 Å². The highest BCUT2D eigenvalue weighted by Gasteiger charge is 2.31. The quantitative estimate of drug-likeness (QED) is 0.633. The minimum Gasteiger partial charge on any atom is -0.330 e. The lowest BCUT2D eigenvalue weighted by atomic mass is 9.86. The lowest BCUT2D eigenvalue weighted by molar-refractivity contribution is 0.290. The summed E-state index contributed by atoms with van der Waals surface area (Å²) in [6.45, 7) is 3.25. The highest BCUT2D eigenvalue weighted by molar-refractivity contribution is 4.87. The van der Waals surface area contributed by atoms with Crippen LogP contribution in [0.5, 0.6) is 0 Å². The maximum atomic E-state index is 5.90. The van der Waals surface area contributed by atoms with Crippen LogP contribution in [0.4, 0.5) is 0 Å². The van der Waals surface area contributed by atoms with E-state index >= 15 is 0 Å². The number of rotatable bonds is 7. The zero-order valence-electron chi connectivity index (χ0n) is 9.93. The predicted molar refractivity (Wildman–Crippen MR) is 64.8 cm³/mol. The molecule has 0 aromatic carbocycles. The molecule has 0 atom stereocenters. The van der Waals surface area contributed by atoms with Gasteiger partial charge in [0, 0.05) is 6.54 Å². The van der Waals surface area contributed by atoms with Crippen molar-refractivity contribution < 1.29 is 0 Å². The molecule has 2 rings (SSSR count). The molecule has 0 unspecified atom stereocenters. The summed E-state index contributed by atoms with van der Waals surface area (Å²) in [6, 6.07) is 0. The van der Waals surface area contributed by atoms with Crippen LogP contribution in [0.1, 0.15) is 51.4 Å². The summed E-state index contributed by atoms with van der Waals surface area (Å²) >= 11 is 0. The Morgan fingerprint density at radius 1 is 1.20 bits per heavy atom. The van der Waals surface area contributed by atoms with Crippen molar-refractivity contribution in [3.63, 3.8) is 0 Å². The zero-order chi connectivity index (χ0) is 10.6. The second kappa shape index (κ2) is 5.31. The largest absolute Gasteiger partial charge is 0.330 e. The van der Waals surface area contributed by atoms with Gasteiger partial charge in [0.25, 0.3) is 0 Å². The molecule has 2 aliphatic rings. The third-order valence-electron chi connectivity index (χ3n) is 4.26. The molecule has 0 radical (unpaired) electrons. The molecule has 0 heterocycles. The Kier molecular flexibility index (Phi) is 4.04. The van der Waals surface area contributed by atoms with E-state index in [4.69, 9.17) is 5.73 Å². The Morgan fingerprint density at radius 3 is 2.53 bits per heavy atom. The van der Waals surface area contributed by atoms with Crippen molar-refractivity contribution >= 4 is 0 Å². The Morgan fingerprint density at radius 2 is 1.93 bits per heavy atom. The SMILES string of the molecule is NCC1(CNCCCC2CC2)CCCC1. The molecule has 0 aliphatic heterocycles. The van der Waals surface area contributed by atoms with Gasteiger partial charge in [-0.25, -0.2) is 0 Å². The third-order valence-corrected chi connectivity index (χ3v) is 4.26. The number of hydrogen-bond donors (Lipinski definition) is 2. The molecule has 0 spiro atoms. The average molecular weight is 210 g/mol. The predicted octanol–water partition coefficient (Wildman–Crippen LogP) is 2.29. The monoisotopic (exact) mass is 210 g/mol. The fourth-order valence-electron chi connectivity index (χ4n) is 2.85. The van der Waals surface area contributed by atoms with Crippen molar-refractivity contribution in [2.75, 3.05) is 19.6 Å². The molecule has 2 nitrogen and oxygen atoms in total. The second-order valence-electron chi connectivity index (χ2n) is 5.67. The lowest BCUT2D eigenvalue weighted by Gasteiger charge is -2.27. The normalized spacial score (nSPS) is 24.6. The van der Waals surface area contributed by atoms with Crippen LogP contribution in [-0.4, -0.2) is 19.6 Å². The standard InChI is InChI=1S/C13H26N2/c14-10-13(7-1-2-8-13)11-15-9-3-4-12-5-6-12/h12,15H,1-11,14H2. The van der Waals surface area contributed by atoms with Crippen molar-refractivity contribution in [2.24, 2.45) is 17.1 Å². The molecule has 0 amide bonds. The topological polar surface area (TPSA) is 38.0 Å². The van der Waals surface area contributed by atoms with Crippen LogP contribution in [0.25, 0.3) is 0 Å². The molecule has 0 saturated heterocycles. The van der Waals surface area contributed by atoms with Crippen LogP contribution in [0.2, 0.25) is 0 Å². The van der Waals surface area contributed by atoms with Crippen molar-refractivity contribution in [3.05, 3.63) is 0 Å². The van der Waals surface area contributed by atoms with E-state index in [0.29, 0.717) is 5.41 Å². The highest BCUT2D eigenvalue weighted by Crippen LogP contribution is 2.36. The molecule has 2 fully saturated rings. The number of nitrogens with two attached hydrogens (primary N) is 1. The van der Waals surface area contributed by atoms with Gasteiger partial charge in [0.1, 0.15) is 0 Å². The third kappa shape index (κ3) is 3.46. The molecular formula is C13H26N2. The maximum absolute atomic E-state index is 5.90. The summed E-state index contributed by atoms with van der Waals surface area (Å²) in [7, 11) is 0. The van der Waals surface area contributed by atoms with Gasteiger partial charge in [-0.05, 0) is 50.1 Å². The molecule has 3 N–H and O–H groups in total. The van der Waals surface area contributed by atoms with Gasteiger partial charge in [-0.2, -0.15) is 0 Å². The number of hydrogen-bond acceptors (Lipinski definition) is 2. The van der Waals surface area contributed by atoms with Gasteiger partial charge in [-0.3, -0.25) is 0 Å². The summed E-state index contributed by atoms with van der Waals surface area (Å²) < 4.78 is 0. The summed E-state index contributed by atoms with van der Waals surface area (Å²) in [5.41, 5.74) is 6.36. The van der Waals surface area contributed by atoms with E-state index in [1.165, 1.54) is 57.9 Å². The van der Waals surface area contributed by atoms with Gasteiger partial charge in [0.05, 0.1) is 0 Å². The molecule has 2 heteroatoms. The summed E-state index contributed by atoms with van der Waals surface area (Å²) in [5, 5.41) is 3.62. The second-order valence-corrected chi connectivity index (χ2v) is 5.67. The first-order valence-electron chi connectivity index (χ1n) is 6.75. The molecule has 0 aromatic heterocycles. The molecule has 88 valence electrons. The van der Waals surface area contributed by atoms with Crippen LogP contribution < -0.4 is 11.1 Å². The van der Waals surface area contributed by atoms with Crippen molar-refractivity contribution in [1.29, 1.82) is 0 Å². The summed E-state index contributed by atoms with van der Waals surface area (Å²) in [6.07, 6.45) is 11.3. The van der Waals surface area contributed by atoms with Crippen molar-refractivity contribution in [1.82, 2.24) is 5.32 Å². The molecule has 2 aliphatic carbocycles. The molecule has 2 saturated carbocycles. The maximum Gasteiger partial charge on any atom is 0.00199 e. The van der Waals surface area contributed by atoms with E-state index < -0.39 is 0 Å². The van der Waals surface area contributed by atoms with E-state index in [0.717, 1.165) is 19.0 Å². The van der Waals surface area contributed by atoms with Gasteiger partial charge < -0.3 is 11.1 Å². The fourth-order valence-corrected chi connectivity index (χ4v) is 2.85. The zero-order valence-corrected chi connectivity index (χ0v) is 9.93. The summed E-state index contributed by atoms with van der Waals surface area (Å²) in [5.74, 6) is 1.08. The first kappa shape index (κ1) is 11.4. The summed E-state index contributed by atoms with van der Waals surface area (Å²) in [4.78, 5) is 0. The molecule has 15 heavy (non-hydrogen) atoms. The Balaban J connectivity index is 1.54. The number of nitrogens with one attached hydrogen (secondary N) is 1. The van der Waals surface area contributed by atoms with E-state index in [1.54, 1.807) is 0 Å². The van der Waals surface area contributed by atoms with Crippen LogP contribution in [0.3, 0.4) is 0 Å². The van der Waals surface area contributed by atoms with Gasteiger partial charge in [-0.15, -0.1) is 0 Å². The lowest BCUT2D eigenvalue weighted by Crippen LogP contribution is -2.38. The fraction of sp³-hybridized carbons (Fsp3) is 1.00. The van der Waals surface area contributed by atoms with Crippen LogP contribution in [-0.2, 0) is 0 Å². The van der Waals surface area contributed by atoms with Crippen molar-refractivity contribution in [2.45, 2.75) is 51.4 Å². The minimum atomic E-state index is 0.458. The van der Waals surface area contributed by atoms with Gasteiger partial charge in [0.2, 0.25) is 0 Å². The first-order chi connectivity index (χ1) is 7.35.